The zero-order chi connectivity index (χ0) is 18.9. The largest absolute Gasteiger partial charge is 0.348 e. The summed E-state index contributed by atoms with van der Waals surface area (Å²) in [6.07, 6.45) is 5.08. The lowest BCUT2D eigenvalue weighted by atomic mass is 10.1. The lowest BCUT2D eigenvalue weighted by molar-refractivity contribution is -0.384. The highest BCUT2D eigenvalue weighted by molar-refractivity contribution is 6.21. The normalized spacial score (nSPS) is 11.3. The first kappa shape index (κ1) is 18.8. The van der Waals surface area contributed by atoms with Crippen LogP contribution in [-0.4, -0.2) is 23.2 Å². The van der Waals surface area contributed by atoms with E-state index < -0.39 is 10.8 Å². The number of amides is 1. The molecule has 2 aromatic carbocycles. The highest BCUT2D eigenvalue weighted by Crippen LogP contribution is 2.15. The van der Waals surface area contributed by atoms with E-state index in [1.165, 1.54) is 37.3 Å². The lowest BCUT2D eigenvalue weighted by Gasteiger charge is -2.05. The molecule has 0 radical (unpaired) electrons. The summed E-state index contributed by atoms with van der Waals surface area (Å²) in [6.45, 7) is 1.58. The number of ketones is 1. The van der Waals surface area contributed by atoms with Crippen LogP contribution in [0.4, 0.5) is 5.69 Å². The Bertz CT molecular complexity index is 853. The highest BCUT2D eigenvalue weighted by Gasteiger charge is 2.14. The number of nitrogens with zero attached hydrogens (tertiary/aromatic N) is 1. The quantitative estimate of drug-likeness (QED) is 0.272. The van der Waals surface area contributed by atoms with Gasteiger partial charge < -0.3 is 5.32 Å². The predicted molar refractivity (Wildman–Crippen MR) is 100 cm³/mol. The summed E-state index contributed by atoms with van der Waals surface area (Å²) in [4.78, 5) is 34.2. The Labute approximate surface area is 151 Å². The van der Waals surface area contributed by atoms with E-state index in [0.29, 0.717) is 5.56 Å². The molecule has 0 aromatic heterocycles. The van der Waals surface area contributed by atoms with Crippen molar-refractivity contribution in [2.24, 2.45) is 0 Å². The Hall–Kier alpha value is -3.54. The van der Waals surface area contributed by atoms with Crippen LogP contribution in [0.15, 0.2) is 66.2 Å². The van der Waals surface area contributed by atoms with Gasteiger partial charge in [-0.05, 0) is 36.3 Å². The van der Waals surface area contributed by atoms with E-state index in [0.717, 1.165) is 5.56 Å². The minimum atomic E-state index is -0.509. The van der Waals surface area contributed by atoms with E-state index in [2.05, 4.69) is 5.32 Å². The summed E-state index contributed by atoms with van der Waals surface area (Å²) < 4.78 is 0. The topological polar surface area (TPSA) is 89.3 Å². The molecule has 1 N–H and O–H groups in total. The molecule has 0 saturated carbocycles. The molecule has 1 amide bonds. The molecular weight excluding hydrogens is 332 g/mol. The third-order valence-electron chi connectivity index (χ3n) is 3.53. The standard InChI is InChI=1S/C20H18N2O4/c1-15(23)19(14-17-9-11-18(12-10-17)22(25)26)20(24)21-13-5-8-16-6-3-2-4-7-16/h2-12,14H,13H2,1H3,(H,21,24). The Kier molecular flexibility index (Phi) is 6.56. The van der Waals surface area contributed by atoms with Gasteiger partial charge in [-0.15, -0.1) is 0 Å². The molecular formula is C20H18N2O4. The number of carbonyl (C=O) groups is 2. The molecule has 0 heterocycles. The van der Waals surface area contributed by atoms with Crippen molar-refractivity contribution in [2.75, 3.05) is 6.54 Å². The summed E-state index contributed by atoms with van der Waals surface area (Å²) in [5.74, 6) is -0.874. The van der Waals surface area contributed by atoms with Crippen molar-refractivity contribution in [3.8, 4) is 0 Å². The predicted octanol–water partition coefficient (Wildman–Crippen LogP) is 3.40. The maximum absolute atomic E-state index is 12.2. The van der Waals surface area contributed by atoms with Gasteiger partial charge in [-0.25, -0.2) is 0 Å². The van der Waals surface area contributed by atoms with Gasteiger partial charge in [0.1, 0.15) is 0 Å². The second-order valence-corrected chi connectivity index (χ2v) is 5.49. The molecule has 0 aliphatic heterocycles. The minimum Gasteiger partial charge on any atom is -0.348 e. The molecule has 6 heteroatoms. The third-order valence-corrected chi connectivity index (χ3v) is 3.53. The first-order chi connectivity index (χ1) is 12.5. The van der Waals surface area contributed by atoms with E-state index in [4.69, 9.17) is 0 Å². The number of carbonyl (C=O) groups excluding carboxylic acids is 2. The van der Waals surface area contributed by atoms with E-state index in [1.54, 1.807) is 6.08 Å². The van der Waals surface area contributed by atoms with Gasteiger partial charge in [0.25, 0.3) is 11.6 Å². The van der Waals surface area contributed by atoms with Crippen LogP contribution in [-0.2, 0) is 9.59 Å². The SMILES string of the molecule is CC(=O)C(=Cc1ccc([N+](=O)[O-])cc1)C(=O)NCC=Cc1ccccc1. The zero-order valence-electron chi connectivity index (χ0n) is 14.2. The van der Waals surface area contributed by atoms with E-state index in [-0.39, 0.29) is 23.6 Å². The van der Waals surface area contributed by atoms with Crippen LogP contribution in [0.5, 0.6) is 0 Å². The first-order valence-electron chi connectivity index (χ1n) is 7.94. The Morgan fingerprint density at radius 1 is 1.04 bits per heavy atom. The van der Waals surface area contributed by atoms with Gasteiger partial charge in [0.05, 0.1) is 10.5 Å². The van der Waals surface area contributed by atoms with Gasteiger partial charge >= 0.3 is 0 Å². The van der Waals surface area contributed by atoms with Crippen LogP contribution in [0.25, 0.3) is 12.2 Å². The minimum absolute atomic E-state index is 0.00744. The van der Waals surface area contributed by atoms with E-state index in [1.807, 2.05) is 36.4 Å². The number of rotatable bonds is 7. The number of non-ortho nitro benzene ring substituents is 1. The number of Topliss-reactive ketones (excluding diaryl/α,β-unsaturated/α-hetero) is 1. The smallest absolute Gasteiger partial charge is 0.269 e. The average Bonchev–Trinajstić information content (AvgIpc) is 2.64. The van der Waals surface area contributed by atoms with Crippen molar-refractivity contribution >= 4 is 29.5 Å². The fraction of sp³-hybridized carbons (Fsp3) is 0.100. The van der Waals surface area contributed by atoms with Crippen molar-refractivity contribution in [3.05, 3.63) is 87.5 Å². The van der Waals surface area contributed by atoms with Crippen molar-refractivity contribution in [1.29, 1.82) is 0 Å². The fourth-order valence-electron chi connectivity index (χ4n) is 2.19. The number of hydrogen-bond donors (Lipinski definition) is 1. The molecule has 0 spiro atoms. The third kappa shape index (κ3) is 5.52. The first-order valence-corrected chi connectivity index (χ1v) is 7.94. The number of nitrogens with one attached hydrogen (secondary N) is 1. The van der Waals surface area contributed by atoms with Gasteiger partial charge in [-0.2, -0.15) is 0 Å². The highest BCUT2D eigenvalue weighted by atomic mass is 16.6. The van der Waals surface area contributed by atoms with Crippen LogP contribution in [0.1, 0.15) is 18.1 Å². The van der Waals surface area contributed by atoms with Crippen molar-refractivity contribution in [1.82, 2.24) is 5.32 Å². The fourth-order valence-corrected chi connectivity index (χ4v) is 2.19. The number of nitro groups is 1. The Morgan fingerprint density at radius 3 is 2.27 bits per heavy atom. The molecule has 0 bridgehead atoms. The Morgan fingerprint density at radius 2 is 1.69 bits per heavy atom. The summed E-state index contributed by atoms with van der Waals surface area (Å²) in [6, 6.07) is 15.3. The monoisotopic (exact) mass is 350 g/mol. The summed E-state index contributed by atoms with van der Waals surface area (Å²) >= 11 is 0. The Balaban J connectivity index is 2.03. The molecule has 0 aliphatic rings. The molecule has 2 rings (SSSR count). The zero-order valence-corrected chi connectivity index (χ0v) is 14.2. The van der Waals surface area contributed by atoms with Crippen LogP contribution < -0.4 is 5.32 Å². The maximum atomic E-state index is 12.2. The molecule has 0 atom stereocenters. The molecule has 0 unspecified atom stereocenters. The van der Waals surface area contributed by atoms with Crippen LogP contribution in [0, 0.1) is 10.1 Å². The second-order valence-electron chi connectivity index (χ2n) is 5.49. The van der Waals surface area contributed by atoms with Gasteiger partial charge in [0, 0.05) is 18.7 Å². The number of nitro benzene ring substituents is 1. The average molecular weight is 350 g/mol. The summed E-state index contributed by atoms with van der Waals surface area (Å²) in [5.41, 5.74) is 1.49. The van der Waals surface area contributed by atoms with Crippen LogP contribution >= 0.6 is 0 Å². The molecule has 0 aliphatic carbocycles. The van der Waals surface area contributed by atoms with Gasteiger partial charge in [0.2, 0.25) is 0 Å². The van der Waals surface area contributed by atoms with Crippen molar-refractivity contribution in [3.63, 3.8) is 0 Å². The summed E-state index contributed by atoms with van der Waals surface area (Å²) in [5, 5.41) is 13.3. The number of benzene rings is 2. The molecule has 132 valence electrons. The van der Waals surface area contributed by atoms with Gasteiger partial charge in [-0.1, -0.05) is 42.5 Å². The van der Waals surface area contributed by atoms with E-state index in [9.17, 15) is 19.7 Å². The van der Waals surface area contributed by atoms with Gasteiger partial charge in [-0.3, -0.25) is 19.7 Å². The molecule has 6 nitrogen and oxygen atoms in total. The maximum Gasteiger partial charge on any atom is 0.269 e. The second kappa shape index (κ2) is 9.08. The molecule has 2 aromatic rings. The van der Waals surface area contributed by atoms with Crippen molar-refractivity contribution < 1.29 is 14.5 Å². The summed E-state index contributed by atoms with van der Waals surface area (Å²) in [7, 11) is 0. The van der Waals surface area contributed by atoms with Crippen LogP contribution in [0.3, 0.4) is 0 Å². The van der Waals surface area contributed by atoms with Crippen molar-refractivity contribution in [2.45, 2.75) is 6.92 Å². The molecule has 26 heavy (non-hydrogen) atoms. The van der Waals surface area contributed by atoms with E-state index >= 15 is 0 Å². The van der Waals surface area contributed by atoms with Gasteiger partial charge in [0.15, 0.2) is 5.78 Å². The molecule has 0 saturated heterocycles. The number of hydrogen-bond acceptors (Lipinski definition) is 4. The lowest BCUT2D eigenvalue weighted by Crippen LogP contribution is -2.27. The van der Waals surface area contributed by atoms with Crippen LogP contribution in [0.2, 0.25) is 0 Å². The molecule has 0 fully saturated rings.